The van der Waals surface area contributed by atoms with Gasteiger partial charge in [0.05, 0.1) is 29.3 Å². The highest BCUT2D eigenvalue weighted by Crippen LogP contribution is 2.35. The molecule has 0 spiro atoms. The normalized spacial score (nSPS) is 18.5. The summed E-state index contributed by atoms with van der Waals surface area (Å²) in [6.45, 7) is 1.21. The number of carbonyl (C=O) groups excluding carboxylic acids is 2. The van der Waals surface area contributed by atoms with Crippen LogP contribution in [0.4, 0.5) is 0 Å². The van der Waals surface area contributed by atoms with Gasteiger partial charge in [-0.3, -0.25) is 14.5 Å². The second-order valence-electron chi connectivity index (χ2n) is 5.95. The van der Waals surface area contributed by atoms with Gasteiger partial charge in [-0.05, 0) is 31.5 Å². The molecule has 2 N–H and O–H groups in total. The number of likely N-dealkylation sites (tertiary alicyclic amines) is 1. The minimum atomic E-state index is -0.190. The number of nitrogens with zero attached hydrogens (tertiary/aromatic N) is 2. The Morgan fingerprint density at radius 3 is 2.92 bits per heavy atom. The third kappa shape index (κ3) is 3.91. The zero-order chi connectivity index (χ0) is 16.9. The van der Waals surface area contributed by atoms with Gasteiger partial charge < -0.3 is 10.6 Å². The van der Waals surface area contributed by atoms with Crippen LogP contribution >= 0.6 is 11.3 Å². The lowest BCUT2D eigenvalue weighted by Crippen LogP contribution is -2.44. The van der Waals surface area contributed by atoms with Crippen LogP contribution in [0.5, 0.6) is 0 Å². The van der Waals surface area contributed by atoms with Gasteiger partial charge in [0.1, 0.15) is 5.01 Å². The predicted molar refractivity (Wildman–Crippen MR) is 94.9 cm³/mol. The van der Waals surface area contributed by atoms with Crippen molar-refractivity contribution in [1.29, 1.82) is 0 Å². The lowest BCUT2D eigenvalue weighted by Gasteiger charge is -2.33. The molecule has 128 valence electrons. The highest BCUT2D eigenvalue weighted by Gasteiger charge is 2.28. The molecule has 24 heavy (non-hydrogen) atoms. The molecule has 7 heteroatoms. The second kappa shape index (κ2) is 7.72. The summed E-state index contributed by atoms with van der Waals surface area (Å²) in [5.41, 5.74) is 1.02. The van der Waals surface area contributed by atoms with Gasteiger partial charge in [0, 0.05) is 7.05 Å². The van der Waals surface area contributed by atoms with E-state index in [1.807, 2.05) is 18.2 Å². The maximum atomic E-state index is 12.1. The number of amides is 2. The van der Waals surface area contributed by atoms with Gasteiger partial charge in [-0.2, -0.15) is 0 Å². The molecule has 1 aromatic carbocycles. The second-order valence-corrected chi connectivity index (χ2v) is 7.01. The van der Waals surface area contributed by atoms with E-state index in [9.17, 15) is 9.59 Å². The van der Waals surface area contributed by atoms with Crippen molar-refractivity contribution < 1.29 is 9.59 Å². The fourth-order valence-corrected chi connectivity index (χ4v) is 4.14. The number of benzene rings is 1. The van der Waals surface area contributed by atoms with Crippen molar-refractivity contribution >= 4 is 33.4 Å². The monoisotopic (exact) mass is 346 g/mol. The molecule has 1 aliphatic rings. The summed E-state index contributed by atoms with van der Waals surface area (Å²) in [6.07, 6.45) is 3.25. The first kappa shape index (κ1) is 16.9. The molecular formula is C17H22N4O2S. The van der Waals surface area contributed by atoms with Crippen LogP contribution in [0, 0.1) is 0 Å². The van der Waals surface area contributed by atoms with E-state index in [0.29, 0.717) is 6.54 Å². The van der Waals surface area contributed by atoms with Crippen molar-refractivity contribution in [3.8, 4) is 0 Å². The Kier molecular flexibility index (Phi) is 5.42. The molecule has 1 saturated heterocycles. The summed E-state index contributed by atoms with van der Waals surface area (Å²) in [5, 5.41) is 6.25. The molecular weight excluding hydrogens is 324 g/mol. The predicted octanol–water partition coefficient (Wildman–Crippen LogP) is 1.69. The van der Waals surface area contributed by atoms with E-state index in [4.69, 9.17) is 4.98 Å². The van der Waals surface area contributed by atoms with Crippen molar-refractivity contribution in [2.45, 2.75) is 25.3 Å². The van der Waals surface area contributed by atoms with Crippen molar-refractivity contribution in [3.63, 3.8) is 0 Å². The summed E-state index contributed by atoms with van der Waals surface area (Å²) in [6, 6.07) is 8.31. The van der Waals surface area contributed by atoms with Crippen LogP contribution in [-0.4, -0.2) is 48.4 Å². The molecule has 1 aliphatic heterocycles. The Morgan fingerprint density at radius 2 is 2.12 bits per heavy atom. The fourth-order valence-electron chi connectivity index (χ4n) is 3.00. The van der Waals surface area contributed by atoms with Crippen LogP contribution in [0.1, 0.15) is 30.3 Å². The summed E-state index contributed by atoms with van der Waals surface area (Å²) in [7, 11) is 1.56. The molecule has 1 aromatic heterocycles. The number of carbonyl (C=O) groups is 2. The van der Waals surface area contributed by atoms with Crippen LogP contribution in [0.2, 0.25) is 0 Å². The molecule has 2 aromatic rings. The van der Waals surface area contributed by atoms with Gasteiger partial charge in [0.2, 0.25) is 11.8 Å². The number of thiazole rings is 1. The summed E-state index contributed by atoms with van der Waals surface area (Å²) < 4.78 is 1.18. The lowest BCUT2D eigenvalue weighted by molar-refractivity contribution is -0.127. The highest BCUT2D eigenvalue weighted by molar-refractivity contribution is 7.18. The Balaban J connectivity index is 1.69. The molecule has 1 atom stereocenters. The number of hydrogen-bond acceptors (Lipinski definition) is 5. The van der Waals surface area contributed by atoms with Crippen molar-refractivity contribution in [1.82, 2.24) is 20.5 Å². The quantitative estimate of drug-likeness (QED) is 0.864. The summed E-state index contributed by atoms with van der Waals surface area (Å²) in [4.78, 5) is 30.3. The Hall–Kier alpha value is -1.99. The number of para-hydroxylation sites is 1. The first-order chi connectivity index (χ1) is 11.7. The number of piperidine rings is 1. The lowest BCUT2D eigenvalue weighted by atomic mass is 10.0. The van der Waals surface area contributed by atoms with E-state index in [1.54, 1.807) is 18.4 Å². The number of aromatic nitrogens is 1. The largest absolute Gasteiger partial charge is 0.358 e. The van der Waals surface area contributed by atoms with Crippen molar-refractivity contribution in [2.24, 2.45) is 0 Å². The zero-order valence-corrected chi connectivity index (χ0v) is 14.6. The number of hydrogen-bond donors (Lipinski definition) is 2. The third-order valence-electron chi connectivity index (χ3n) is 4.28. The third-order valence-corrected chi connectivity index (χ3v) is 5.42. The Bertz CT molecular complexity index is 697. The number of likely N-dealkylation sites (N-methyl/N-ethyl adjacent to an activating group) is 1. The molecule has 2 heterocycles. The maximum absolute atomic E-state index is 12.1. The Morgan fingerprint density at radius 1 is 1.29 bits per heavy atom. The molecule has 0 aliphatic carbocycles. The molecule has 1 fully saturated rings. The first-order valence-electron chi connectivity index (χ1n) is 8.24. The van der Waals surface area contributed by atoms with E-state index in [2.05, 4.69) is 21.6 Å². The van der Waals surface area contributed by atoms with Crippen LogP contribution in [0.3, 0.4) is 0 Å². The van der Waals surface area contributed by atoms with Crippen LogP contribution in [-0.2, 0) is 9.59 Å². The summed E-state index contributed by atoms with van der Waals surface area (Å²) >= 11 is 1.71. The van der Waals surface area contributed by atoms with Gasteiger partial charge in [-0.25, -0.2) is 4.98 Å². The molecule has 2 amide bonds. The number of rotatable bonds is 5. The van der Waals surface area contributed by atoms with E-state index in [-0.39, 0.29) is 24.4 Å². The van der Waals surface area contributed by atoms with Crippen LogP contribution < -0.4 is 10.6 Å². The van der Waals surface area contributed by atoms with Crippen LogP contribution in [0.15, 0.2) is 24.3 Å². The maximum Gasteiger partial charge on any atom is 0.239 e. The van der Waals surface area contributed by atoms with E-state index >= 15 is 0 Å². The number of fused-ring (bicyclic) bond motifs is 1. The molecule has 0 radical (unpaired) electrons. The fraction of sp³-hybridized carbons (Fsp3) is 0.471. The van der Waals surface area contributed by atoms with Gasteiger partial charge in [-0.15, -0.1) is 11.3 Å². The standard InChI is InChI=1S/C17H22N4O2S/c1-18-15(22)10-19-16(23)11-21-9-5-4-7-13(21)17-20-12-6-2-3-8-14(12)24-17/h2-3,6,8,13H,4-5,7,9-11H2,1H3,(H,18,22)(H,19,23)/t13-/m0/s1. The minimum absolute atomic E-state index is 0.0228. The molecule has 3 rings (SSSR count). The van der Waals surface area contributed by atoms with E-state index in [1.165, 1.54) is 4.70 Å². The summed E-state index contributed by atoms with van der Waals surface area (Å²) in [5.74, 6) is -0.309. The van der Waals surface area contributed by atoms with E-state index in [0.717, 1.165) is 36.3 Å². The average molecular weight is 346 g/mol. The van der Waals surface area contributed by atoms with Crippen molar-refractivity contribution in [2.75, 3.05) is 26.7 Å². The topological polar surface area (TPSA) is 74.3 Å². The van der Waals surface area contributed by atoms with Gasteiger partial charge in [0.25, 0.3) is 0 Å². The molecule has 0 unspecified atom stereocenters. The average Bonchev–Trinajstić information content (AvgIpc) is 3.04. The van der Waals surface area contributed by atoms with Gasteiger partial charge in [-0.1, -0.05) is 18.6 Å². The van der Waals surface area contributed by atoms with Gasteiger partial charge >= 0.3 is 0 Å². The molecule has 6 nitrogen and oxygen atoms in total. The first-order valence-corrected chi connectivity index (χ1v) is 9.06. The zero-order valence-electron chi connectivity index (χ0n) is 13.7. The van der Waals surface area contributed by atoms with Gasteiger partial charge in [0.15, 0.2) is 0 Å². The smallest absolute Gasteiger partial charge is 0.239 e. The van der Waals surface area contributed by atoms with Crippen LogP contribution in [0.25, 0.3) is 10.2 Å². The molecule has 0 bridgehead atoms. The highest BCUT2D eigenvalue weighted by atomic mass is 32.1. The van der Waals surface area contributed by atoms with E-state index < -0.39 is 0 Å². The minimum Gasteiger partial charge on any atom is -0.358 e. The van der Waals surface area contributed by atoms with Crippen molar-refractivity contribution in [3.05, 3.63) is 29.3 Å². The SMILES string of the molecule is CNC(=O)CNC(=O)CN1CCCC[C@H]1c1nc2ccccc2s1. The Labute approximate surface area is 145 Å². The number of nitrogens with one attached hydrogen (secondary N) is 2. The molecule has 0 saturated carbocycles.